The van der Waals surface area contributed by atoms with Gasteiger partial charge in [-0.2, -0.15) is 5.10 Å². The molecule has 2 amide bonds. The zero-order valence-electron chi connectivity index (χ0n) is 15.0. The first-order valence-corrected chi connectivity index (χ1v) is 10.2. The van der Waals surface area contributed by atoms with Crippen LogP contribution in [0.25, 0.3) is 0 Å². The number of thiophene rings is 1. The number of likely N-dealkylation sites (N-methyl/N-ethyl adjacent to an activating group) is 1. The number of nitrogens with zero attached hydrogens (tertiary/aromatic N) is 3. The first-order valence-electron chi connectivity index (χ1n) is 8.97. The van der Waals surface area contributed by atoms with Gasteiger partial charge in [0.2, 0.25) is 5.91 Å². The summed E-state index contributed by atoms with van der Waals surface area (Å²) in [5.74, 6) is -0.0619. The molecular weight excluding hydrogens is 382 g/mol. The molecule has 1 aromatic heterocycles. The largest absolute Gasteiger partial charge is 0.336 e. The molecule has 0 N–H and O–H groups in total. The minimum Gasteiger partial charge on any atom is -0.336 e. The zero-order valence-corrected chi connectivity index (χ0v) is 16.5. The second kappa shape index (κ2) is 7.44. The van der Waals surface area contributed by atoms with Crippen LogP contribution in [0.5, 0.6) is 0 Å². The molecule has 1 aromatic carbocycles. The van der Waals surface area contributed by atoms with E-state index in [0.29, 0.717) is 11.4 Å². The van der Waals surface area contributed by atoms with Gasteiger partial charge in [0.15, 0.2) is 0 Å². The SMILES string of the molecule is CN(CC(=O)N1N=C(c2cccs2)CC1c1ccccc1Cl)C(=O)C1CC1. The summed E-state index contributed by atoms with van der Waals surface area (Å²) in [6, 6.07) is 11.3. The predicted molar refractivity (Wildman–Crippen MR) is 107 cm³/mol. The lowest BCUT2D eigenvalue weighted by molar-refractivity contribution is -0.141. The number of hydrogen-bond donors (Lipinski definition) is 0. The highest BCUT2D eigenvalue weighted by atomic mass is 35.5. The summed E-state index contributed by atoms with van der Waals surface area (Å²) in [6.45, 7) is 0.0253. The highest BCUT2D eigenvalue weighted by Gasteiger charge is 2.37. The molecule has 0 bridgehead atoms. The number of hydrazone groups is 1. The van der Waals surface area contributed by atoms with Gasteiger partial charge in [-0.3, -0.25) is 9.59 Å². The van der Waals surface area contributed by atoms with Crippen molar-refractivity contribution in [2.24, 2.45) is 11.0 Å². The summed E-state index contributed by atoms with van der Waals surface area (Å²) < 4.78 is 0. The molecule has 2 aromatic rings. The van der Waals surface area contributed by atoms with Crippen molar-refractivity contribution in [3.05, 3.63) is 57.2 Å². The van der Waals surface area contributed by atoms with Crippen molar-refractivity contribution in [3.63, 3.8) is 0 Å². The van der Waals surface area contributed by atoms with E-state index in [1.165, 1.54) is 9.91 Å². The number of halogens is 1. The van der Waals surface area contributed by atoms with Crippen LogP contribution >= 0.6 is 22.9 Å². The first-order chi connectivity index (χ1) is 13.0. The van der Waals surface area contributed by atoms with Gasteiger partial charge in [-0.15, -0.1) is 11.3 Å². The van der Waals surface area contributed by atoms with Crippen molar-refractivity contribution in [2.75, 3.05) is 13.6 Å². The number of amides is 2. The molecule has 2 heterocycles. The van der Waals surface area contributed by atoms with Gasteiger partial charge >= 0.3 is 0 Å². The van der Waals surface area contributed by atoms with Gasteiger partial charge in [-0.25, -0.2) is 5.01 Å². The molecule has 1 atom stereocenters. The number of carbonyl (C=O) groups is 2. The third-order valence-electron chi connectivity index (χ3n) is 4.91. The lowest BCUT2D eigenvalue weighted by atomic mass is 10.0. The average molecular weight is 402 g/mol. The minimum absolute atomic E-state index is 0.0253. The lowest BCUT2D eigenvalue weighted by Crippen LogP contribution is -2.39. The Labute approximate surface area is 167 Å². The van der Waals surface area contributed by atoms with Crippen molar-refractivity contribution >= 4 is 40.5 Å². The molecule has 140 valence electrons. The number of benzene rings is 1. The molecule has 7 heteroatoms. The summed E-state index contributed by atoms with van der Waals surface area (Å²) >= 11 is 8.00. The smallest absolute Gasteiger partial charge is 0.262 e. The zero-order chi connectivity index (χ0) is 19.0. The Hall–Kier alpha value is -2.18. The lowest BCUT2D eigenvalue weighted by Gasteiger charge is -2.25. The van der Waals surface area contributed by atoms with Gasteiger partial charge in [-0.05, 0) is 35.9 Å². The van der Waals surface area contributed by atoms with Crippen molar-refractivity contribution < 1.29 is 9.59 Å². The van der Waals surface area contributed by atoms with E-state index in [4.69, 9.17) is 11.6 Å². The standard InChI is InChI=1S/C20H20ClN3O2S/c1-23(20(26)13-8-9-13)12-19(25)24-17(14-5-2-3-6-15(14)21)11-16(22-24)18-7-4-10-27-18/h2-7,10,13,17H,8-9,11-12H2,1H3. The van der Waals surface area contributed by atoms with Crippen LogP contribution in [0.3, 0.4) is 0 Å². The Morgan fingerprint density at radius 3 is 2.70 bits per heavy atom. The molecule has 1 aliphatic heterocycles. The normalized spacial score (nSPS) is 19.1. The van der Waals surface area contributed by atoms with Crippen LogP contribution in [-0.4, -0.2) is 41.0 Å². The highest BCUT2D eigenvalue weighted by molar-refractivity contribution is 7.12. The summed E-state index contributed by atoms with van der Waals surface area (Å²) in [6.07, 6.45) is 2.45. The van der Waals surface area contributed by atoms with Crippen molar-refractivity contribution in [1.82, 2.24) is 9.91 Å². The van der Waals surface area contributed by atoms with E-state index in [2.05, 4.69) is 5.10 Å². The maximum atomic E-state index is 13.0. The number of hydrogen-bond acceptors (Lipinski definition) is 4. The van der Waals surface area contributed by atoms with Crippen LogP contribution in [0.1, 0.15) is 35.7 Å². The van der Waals surface area contributed by atoms with Crippen LogP contribution in [0, 0.1) is 5.92 Å². The van der Waals surface area contributed by atoms with E-state index in [0.717, 1.165) is 29.0 Å². The number of carbonyl (C=O) groups excluding carboxylic acids is 2. The fourth-order valence-electron chi connectivity index (χ4n) is 3.31. The Morgan fingerprint density at radius 2 is 2.04 bits per heavy atom. The summed E-state index contributed by atoms with van der Waals surface area (Å²) in [5, 5.41) is 8.73. The topological polar surface area (TPSA) is 53.0 Å². The molecule has 0 radical (unpaired) electrons. The third kappa shape index (κ3) is 3.77. The van der Waals surface area contributed by atoms with E-state index < -0.39 is 0 Å². The van der Waals surface area contributed by atoms with Crippen LogP contribution < -0.4 is 0 Å². The van der Waals surface area contributed by atoms with Crippen molar-refractivity contribution in [1.29, 1.82) is 0 Å². The number of rotatable bonds is 5. The van der Waals surface area contributed by atoms with Gasteiger partial charge in [-0.1, -0.05) is 35.9 Å². The molecular formula is C20H20ClN3O2S. The summed E-state index contributed by atoms with van der Waals surface area (Å²) in [4.78, 5) is 27.8. The molecule has 1 unspecified atom stereocenters. The second-order valence-corrected chi connectivity index (χ2v) is 8.33. The van der Waals surface area contributed by atoms with Crippen molar-refractivity contribution in [2.45, 2.75) is 25.3 Å². The van der Waals surface area contributed by atoms with Gasteiger partial charge in [0.1, 0.15) is 6.54 Å². The van der Waals surface area contributed by atoms with Crippen molar-refractivity contribution in [3.8, 4) is 0 Å². The van der Waals surface area contributed by atoms with Crippen LogP contribution in [0.4, 0.5) is 0 Å². The Kier molecular flexibility index (Phi) is 5.02. The fraction of sp³-hybridized carbons (Fsp3) is 0.350. The van der Waals surface area contributed by atoms with Crippen LogP contribution in [0.15, 0.2) is 46.9 Å². The monoisotopic (exact) mass is 401 g/mol. The molecule has 1 fully saturated rings. The molecule has 0 spiro atoms. The van der Waals surface area contributed by atoms with E-state index in [-0.39, 0.29) is 30.3 Å². The van der Waals surface area contributed by atoms with Crippen LogP contribution in [0.2, 0.25) is 5.02 Å². The van der Waals surface area contributed by atoms with Crippen LogP contribution in [-0.2, 0) is 9.59 Å². The molecule has 4 rings (SSSR count). The Balaban J connectivity index is 1.59. The van der Waals surface area contributed by atoms with E-state index in [9.17, 15) is 9.59 Å². The quantitative estimate of drug-likeness (QED) is 0.761. The Morgan fingerprint density at radius 1 is 1.26 bits per heavy atom. The second-order valence-electron chi connectivity index (χ2n) is 6.97. The van der Waals surface area contributed by atoms with Gasteiger partial charge in [0.05, 0.1) is 16.6 Å². The van der Waals surface area contributed by atoms with E-state index >= 15 is 0 Å². The molecule has 2 aliphatic rings. The fourth-order valence-corrected chi connectivity index (χ4v) is 4.30. The minimum atomic E-state index is -0.257. The molecule has 5 nitrogen and oxygen atoms in total. The van der Waals surface area contributed by atoms with Gasteiger partial charge in [0.25, 0.3) is 5.91 Å². The Bertz CT molecular complexity index is 892. The maximum Gasteiger partial charge on any atom is 0.262 e. The first kappa shape index (κ1) is 18.2. The predicted octanol–water partition coefficient (Wildman–Crippen LogP) is 3.95. The third-order valence-corrected chi connectivity index (χ3v) is 6.17. The molecule has 1 saturated carbocycles. The van der Waals surface area contributed by atoms with E-state index in [1.54, 1.807) is 18.4 Å². The molecule has 0 saturated heterocycles. The van der Waals surface area contributed by atoms with Gasteiger partial charge < -0.3 is 4.90 Å². The highest BCUT2D eigenvalue weighted by Crippen LogP contribution is 2.37. The average Bonchev–Trinajstić information content (AvgIpc) is 3.18. The maximum absolute atomic E-state index is 13.0. The summed E-state index contributed by atoms with van der Waals surface area (Å²) in [7, 11) is 1.68. The molecule has 27 heavy (non-hydrogen) atoms. The molecule has 1 aliphatic carbocycles. The summed E-state index contributed by atoms with van der Waals surface area (Å²) in [5.41, 5.74) is 1.75. The van der Waals surface area contributed by atoms with E-state index in [1.807, 2.05) is 41.8 Å². The van der Waals surface area contributed by atoms with Gasteiger partial charge in [0, 0.05) is 24.4 Å².